The molecule has 2 aromatic carbocycles. The summed E-state index contributed by atoms with van der Waals surface area (Å²) in [7, 11) is 0. The molecule has 1 N–H and O–H groups in total. The lowest BCUT2D eigenvalue weighted by molar-refractivity contribution is -0.137. The molecule has 7 heteroatoms. The molecule has 0 aliphatic carbocycles. The normalized spacial score (nSPS) is 11.6. The van der Waals surface area contributed by atoms with Crippen molar-refractivity contribution in [3.8, 4) is 5.75 Å². The average Bonchev–Trinajstić information content (AvgIpc) is 2.47. The number of benzene rings is 2. The minimum atomic E-state index is -4.48. The Hall–Kier alpha value is -2.83. The van der Waals surface area contributed by atoms with E-state index in [1.165, 1.54) is 42.5 Å². The summed E-state index contributed by atoms with van der Waals surface area (Å²) < 4.78 is 38.3. The van der Waals surface area contributed by atoms with E-state index in [0.29, 0.717) is 0 Å². The van der Waals surface area contributed by atoms with E-state index in [2.05, 4.69) is 5.16 Å². The number of carbonyl (C=O) groups is 1. The zero-order valence-electron chi connectivity index (χ0n) is 11.0. The summed E-state index contributed by atoms with van der Waals surface area (Å²) in [4.78, 5) is 15.6. The Morgan fingerprint density at radius 1 is 1.09 bits per heavy atom. The fourth-order valence-corrected chi connectivity index (χ4v) is 1.67. The number of oxime groups is 1. The second-order valence-electron chi connectivity index (χ2n) is 4.24. The highest BCUT2D eigenvalue weighted by Gasteiger charge is 2.32. The molecule has 0 aliphatic rings. The topological polar surface area (TPSA) is 58.9 Å². The number of hydrogen-bond donors (Lipinski definition) is 1. The molecule has 0 spiro atoms. The summed E-state index contributed by atoms with van der Waals surface area (Å²) in [6.45, 7) is 0. The average molecular weight is 309 g/mol. The first-order valence-corrected chi connectivity index (χ1v) is 6.08. The van der Waals surface area contributed by atoms with Gasteiger partial charge < -0.3 is 9.94 Å². The van der Waals surface area contributed by atoms with Gasteiger partial charge in [0.2, 0.25) is 0 Å². The molecule has 0 aromatic heterocycles. The van der Waals surface area contributed by atoms with Crippen LogP contribution < -0.4 is 4.84 Å². The Balaban J connectivity index is 2.12. The third-order valence-corrected chi connectivity index (χ3v) is 2.72. The Bertz CT molecular complexity index is 694. The fraction of sp³-hybridized carbons (Fsp3) is 0.0667. The van der Waals surface area contributed by atoms with Crippen LogP contribution in [0.15, 0.2) is 53.7 Å². The first kappa shape index (κ1) is 15.6. The molecule has 0 unspecified atom stereocenters. The van der Waals surface area contributed by atoms with Crippen LogP contribution in [-0.4, -0.2) is 17.3 Å². The summed E-state index contributed by atoms with van der Waals surface area (Å²) in [6.07, 6.45) is -3.53. The molecule has 0 saturated carbocycles. The first-order chi connectivity index (χ1) is 10.4. The van der Waals surface area contributed by atoms with Gasteiger partial charge in [0.1, 0.15) is 0 Å². The van der Waals surface area contributed by atoms with Gasteiger partial charge in [0.15, 0.2) is 5.75 Å². The highest BCUT2D eigenvalue weighted by molar-refractivity contribution is 5.87. The Morgan fingerprint density at radius 2 is 1.73 bits per heavy atom. The van der Waals surface area contributed by atoms with Crippen LogP contribution in [0.5, 0.6) is 5.75 Å². The molecule has 0 fully saturated rings. The van der Waals surface area contributed by atoms with Crippen LogP contribution in [0, 0.1) is 0 Å². The Labute approximate surface area is 123 Å². The van der Waals surface area contributed by atoms with Crippen LogP contribution in [0.3, 0.4) is 0 Å². The van der Waals surface area contributed by atoms with E-state index >= 15 is 0 Å². The number of alkyl halides is 3. The van der Waals surface area contributed by atoms with Gasteiger partial charge in [0.25, 0.3) is 0 Å². The molecule has 0 bridgehead atoms. The third kappa shape index (κ3) is 3.85. The summed E-state index contributed by atoms with van der Waals surface area (Å²) in [5, 5.41) is 12.2. The van der Waals surface area contributed by atoms with E-state index in [-0.39, 0.29) is 16.9 Å². The van der Waals surface area contributed by atoms with Crippen molar-refractivity contribution < 1.29 is 27.9 Å². The van der Waals surface area contributed by atoms with E-state index in [4.69, 9.17) is 9.94 Å². The maximum absolute atomic E-state index is 12.8. The number of nitrogens with zero attached hydrogens (tertiary/aromatic N) is 1. The second kappa shape index (κ2) is 6.30. The van der Waals surface area contributed by atoms with E-state index in [0.717, 1.165) is 12.3 Å². The van der Waals surface area contributed by atoms with Crippen molar-refractivity contribution in [1.82, 2.24) is 0 Å². The van der Waals surface area contributed by atoms with E-state index < -0.39 is 17.7 Å². The standard InChI is InChI=1S/C15H10F3NO3/c16-15(17,18)13-4-2-1-3-11(13)9-19-22-12-7-5-10(6-8-12)14(20)21/h1-9H,(H,20,21)/b19-9-. The zero-order valence-corrected chi connectivity index (χ0v) is 11.0. The van der Waals surface area contributed by atoms with Crippen molar-refractivity contribution in [2.45, 2.75) is 6.18 Å². The van der Waals surface area contributed by atoms with Gasteiger partial charge >= 0.3 is 12.1 Å². The van der Waals surface area contributed by atoms with Crippen molar-refractivity contribution in [2.75, 3.05) is 0 Å². The van der Waals surface area contributed by atoms with Gasteiger partial charge in [-0.1, -0.05) is 23.4 Å². The lowest BCUT2D eigenvalue weighted by atomic mass is 10.1. The van der Waals surface area contributed by atoms with Crippen LogP contribution in [0.2, 0.25) is 0 Å². The van der Waals surface area contributed by atoms with E-state index in [9.17, 15) is 18.0 Å². The van der Waals surface area contributed by atoms with Gasteiger partial charge in [-0.2, -0.15) is 13.2 Å². The van der Waals surface area contributed by atoms with Crippen LogP contribution >= 0.6 is 0 Å². The summed E-state index contributed by atoms with van der Waals surface area (Å²) in [6, 6.07) is 10.3. The van der Waals surface area contributed by atoms with Gasteiger partial charge in [-0.3, -0.25) is 0 Å². The molecule has 0 atom stereocenters. The van der Waals surface area contributed by atoms with E-state index in [1.54, 1.807) is 0 Å². The van der Waals surface area contributed by atoms with Crippen molar-refractivity contribution in [3.63, 3.8) is 0 Å². The molecular weight excluding hydrogens is 299 g/mol. The molecule has 0 heterocycles. The second-order valence-corrected chi connectivity index (χ2v) is 4.24. The van der Waals surface area contributed by atoms with Gasteiger partial charge in [0.05, 0.1) is 17.3 Å². The lowest BCUT2D eigenvalue weighted by Gasteiger charge is -2.08. The first-order valence-electron chi connectivity index (χ1n) is 6.08. The Morgan fingerprint density at radius 3 is 2.32 bits per heavy atom. The molecule has 0 radical (unpaired) electrons. The van der Waals surface area contributed by atoms with Crippen molar-refractivity contribution in [2.24, 2.45) is 5.16 Å². The molecule has 0 aliphatic heterocycles. The maximum Gasteiger partial charge on any atom is 0.417 e. The summed E-state index contributed by atoms with van der Waals surface area (Å²) in [5.74, 6) is -0.875. The number of aromatic carboxylic acids is 1. The highest BCUT2D eigenvalue weighted by Crippen LogP contribution is 2.31. The van der Waals surface area contributed by atoms with Crippen LogP contribution in [-0.2, 0) is 6.18 Å². The lowest BCUT2D eigenvalue weighted by Crippen LogP contribution is -2.08. The summed E-state index contributed by atoms with van der Waals surface area (Å²) >= 11 is 0. The Kier molecular flexibility index (Phi) is 4.45. The zero-order chi connectivity index (χ0) is 16.2. The van der Waals surface area contributed by atoms with Crippen molar-refractivity contribution >= 4 is 12.2 Å². The number of carboxylic acid groups (broad SMARTS) is 1. The van der Waals surface area contributed by atoms with Gasteiger partial charge in [-0.25, -0.2) is 4.79 Å². The molecule has 2 aromatic rings. The van der Waals surface area contributed by atoms with Crippen molar-refractivity contribution in [3.05, 3.63) is 65.2 Å². The smallest absolute Gasteiger partial charge is 0.417 e. The predicted molar refractivity (Wildman–Crippen MR) is 73.1 cm³/mol. The largest absolute Gasteiger partial charge is 0.478 e. The van der Waals surface area contributed by atoms with Crippen molar-refractivity contribution in [1.29, 1.82) is 0 Å². The molecule has 0 amide bonds. The molecule has 4 nitrogen and oxygen atoms in total. The minimum absolute atomic E-state index is 0.0683. The summed E-state index contributed by atoms with van der Waals surface area (Å²) in [5.41, 5.74) is -0.875. The molecule has 22 heavy (non-hydrogen) atoms. The van der Waals surface area contributed by atoms with Gasteiger partial charge in [-0.05, 0) is 30.3 Å². The quantitative estimate of drug-likeness (QED) is 0.690. The van der Waals surface area contributed by atoms with Crippen LogP contribution in [0.4, 0.5) is 13.2 Å². The maximum atomic E-state index is 12.8. The molecule has 114 valence electrons. The van der Waals surface area contributed by atoms with Crippen LogP contribution in [0.25, 0.3) is 0 Å². The third-order valence-electron chi connectivity index (χ3n) is 2.72. The molecule has 0 saturated heterocycles. The fourth-order valence-electron chi connectivity index (χ4n) is 1.67. The molecule has 2 rings (SSSR count). The SMILES string of the molecule is O=C(O)c1ccc(O/N=C\c2ccccc2C(F)(F)F)cc1. The van der Waals surface area contributed by atoms with E-state index in [1.807, 2.05) is 0 Å². The van der Waals surface area contributed by atoms with Gasteiger partial charge in [0, 0.05) is 5.56 Å². The predicted octanol–water partition coefficient (Wildman–Crippen LogP) is 3.82. The monoisotopic (exact) mass is 309 g/mol. The number of rotatable bonds is 4. The number of carboxylic acids is 1. The van der Waals surface area contributed by atoms with Crippen LogP contribution in [0.1, 0.15) is 21.5 Å². The number of halogens is 3. The minimum Gasteiger partial charge on any atom is -0.478 e. The molecular formula is C15H10F3NO3. The van der Waals surface area contributed by atoms with Gasteiger partial charge in [-0.15, -0.1) is 0 Å². The highest BCUT2D eigenvalue weighted by atomic mass is 19.4. The number of hydrogen-bond acceptors (Lipinski definition) is 3.